The number of hydrogen-bond donors (Lipinski definition) is 2. The normalized spacial score (nSPS) is 11.6. The number of rotatable bonds is 4. The van der Waals surface area contributed by atoms with Gasteiger partial charge in [0.05, 0.1) is 0 Å². The van der Waals surface area contributed by atoms with Crippen molar-refractivity contribution in [3.05, 3.63) is 94.5 Å². The summed E-state index contributed by atoms with van der Waals surface area (Å²) in [4.78, 5) is 34.8. The van der Waals surface area contributed by atoms with Crippen LogP contribution in [0.5, 0.6) is 5.75 Å². The van der Waals surface area contributed by atoms with Crippen molar-refractivity contribution in [2.24, 2.45) is 0 Å². The van der Waals surface area contributed by atoms with E-state index >= 15 is 0 Å². The van der Waals surface area contributed by atoms with Gasteiger partial charge in [-0.25, -0.2) is 4.79 Å². The Morgan fingerprint density at radius 2 is 1.50 bits per heavy atom. The van der Waals surface area contributed by atoms with Gasteiger partial charge in [-0.3, -0.25) is 9.59 Å². The molecule has 0 aromatic heterocycles. The molecule has 152 valence electrons. The molecule has 0 radical (unpaired) electrons. The van der Waals surface area contributed by atoms with Gasteiger partial charge in [-0.1, -0.05) is 49.4 Å². The van der Waals surface area contributed by atoms with Gasteiger partial charge in [-0.15, -0.1) is 0 Å². The third kappa shape index (κ3) is 4.55. The first-order valence-corrected chi connectivity index (χ1v) is 9.42. The number of aryl methyl sites for hydroxylation is 1. The lowest BCUT2D eigenvalue weighted by Crippen LogP contribution is -2.20. The van der Waals surface area contributed by atoms with Crippen molar-refractivity contribution < 1.29 is 24.2 Å². The predicted molar refractivity (Wildman–Crippen MR) is 113 cm³/mol. The molecule has 6 heteroatoms. The van der Waals surface area contributed by atoms with Gasteiger partial charge in [-0.2, -0.15) is 0 Å². The summed E-state index contributed by atoms with van der Waals surface area (Å²) in [7, 11) is 0. The third-order valence-corrected chi connectivity index (χ3v) is 4.62. The van der Waals surface area contributed by atoms with Gasteiger partial charge >= 0.3 is 5.97 Å². The number of anilines is 1. The van der Waals surface area contributed by atoms with Crippen LogP contribution in [0.4, 0.5) is 5.69 Å². The minimum Gasteiger partial charge on any atom is -0.482 e. The maximum absolute atomic E-state index is 12.4. The van der Waals surface area contributed by atoms with Gasteiger partial charge in [0.2, 0.25) is 0 Å². The Morgan fingerprint density at radius 1 is 0.867 bits per heavy atom. The molecule has 0 saturated heterocycles. The third-order valence-electron chi connectivity index (χ3n) is 4.62. The summed E-state index contributed by atoms with van der Waals surface area (Å²) in [6.45, 7) is 1.69. The first kappa shape index (κ1) is 20.8. The molecule has 0 unspecified atom stereocenters. The second kappa shape index (κ2) is 9.05. The summed E-state index contributed by atoms with van der Waals surface area (Å²) in [5.74, 6) is -0.631. The zero-order valence-electron chi connectivity index (χ0n) is 16.4. The molecule has 0 amide bonds. The van der Waals surface area contributed by atoms with Crippen LogP contribution in [0.2, 0.25) is 0 Å². The predicted octanol–water partition coefficient (Wildman–Crippen LogP) is 3.76. The lowest BCUT2D eigenvalue weighted by atomic mass is 9.83. The van der Waals surface area contributed by atoms with E-state index in [1.54, 1.807) is 54.6 Å². The van der Waals surface area contributed by atoms with E-state index in [1.165, 1.54) is 0 Å². The summed E-state index contributed by atoms with van der Waals surface area (Å²) in [6, 6.07) is 19.2. The number of nitrogens with two attached hydrogens (primary N) is 1. The Morgan fingerprint density at radius 3 is 2.10 bits per heavy atom. The average Bonchev–Trinajstić information content (AvgIpc) is 2.76. The van der Waals surface area contributed by atoms with Crippen LogP contribution < -0.4 is 10.5 Å². The van der Waals surface area contributed by atoms with Crippen LogP contribution in [0.3, 0.4) is 0 Å². The van der Waals surface area contributed by atoms with Crippen LogP contribution in [0.1, 0.15) is 44.3 Å². The van der Waals surface area contributed by atoms with E-state index in [1.807, 2.05) is 19.1 Å². The largest absolute Gasteiger partial charge is 0.482 e. The fourth-order valence-electron chi connectivity index (χ4n) is 3.12. The van der Waals surface area contributed by atoms with Crippen molar-refractivity contribution in [1.29, 1.82) is 0 Å². The molecule has 3 aromatic rings. The molecule has 3 aromatic carbocycles. The highest BCUT2D eigenvalue weighted by atomic mass is 16.5. The number of ketones is 2. The highest BCUT2D eigenvalue weighted by molar-refractivity contribution is 6.28. The zero-order chi connectivity index (χ0) is 21.7. The van der Waals surface area contributed by atoms with Gasteiger partial charge in [0.25, 0.3) is 0 Å². The van der Waals surface area contributed by atoms with Crippen molar-refractivity contribution in [3.8, 4) is 5.75 Å². The summed E-state index contributed by atoms with van der Waals surface area (Å²) < 4.78 is 4.87. The number of carbonyl (C=O) groups is 3. The lowest BCUT2D eigenvalue weighted by Gasteiger charge is -2.17. The molecule has 0 heterocycles. The van der Waals surface area contributed by atoms with E-state index in [2.05, 4.69) is 0 Å². The van der Waals surface area contributed by atoms with Gasteiger partial charge in [-0.05, 0) is 30.2 Å². The van der Waals surface area contributed by atoms with Crippen LogP contribution in [0.25, 0.3) is 0 Å². The topological polar surface area (TPSA) is 107 Å². The highest BCUT2D eigenvalue weighted by Crippen LogP contribution is 2.27. The SMILES string of the molecule is CCc1ccc2c(c1)C(=O)c1ccccc1C2=O.Nc1cccc(OCC(=O)O)c1. The number of benzene rings is 3. The molecule has 0 spiro atoms. The van der Waals surface area contributed by atoms with E-state index in [4.69, 9.17) is 15.6 Å². The molecule has 30 heavy (non-hydrogen) atoms. The lowest BCUT2D eigenvalue weighted by molar-refractivity contribution is -0.139. The van der Waals surface area contributed by atoms with Crippen LogP contribution in [0.15, 0.2) is 66.7 Å². The van der Waals surface area contributed by atoms with Gasteiger partial charge in [0, 0.05) is 34.0 Å². The fourth-order valence-corrected chi connectivity index (χ4v) is 3.12. The van der Waals surface area contributed by atoms with E-state index in [-0.39, 0.29) is 18.2 Å². The molecule has 1 aliphatic carbocycles. The number of hydrogen-bond acceptors (Lipinski definition) is 5. The molecule has 0 aliphatic heterocycles. The van der Waals surface area contributed by atoms with E-state index in [0.29, 0.717) is 33.7 Å². The zero-order valence-corrected chi connectivity index (χ0v) is 16.4. The second-order valence-electron chi connectivity index (χ2n) is 6.69. The minimum atomic E-state index is -1.00. The summed E-state index contributed by atoms with van der Waals surface area (Å²) in [5, 5.41) is 8.29. The molecular formula is C24H21NO5. The van der Waals surface area contributed by atoms with Crippen LogP contribution in [-0.4, -0.2) is 29.2 Å². The number of carbonyl (C=O) groups excluding carboxylic acids is 2. The van der Waals surface area contributed by atoms with Crippen molar-refractivity contribution in [1.82, 2.24) is 0 Å². The Kier molecular flexibility index (Phi) is 6.27. The Hall–Kier alpha value is -3.93. The Bertz CT molecular complexity index is 1120. The molecule has 0 bridgehead atoms. The van der Waals surface area contributed by atoms with E-state index in [9.17, 15) is 14.4 Å². The summed E-state index contributed by atoms with van der Waals surface area (Å²) in [6.07, 6.45) is 0.858. The fraction of sp³-hybridized carbons (Fsp3) is 0.125. The highest BCUT2D eigenvalue weighted by Gasteiger charge is 2.28. The van der Waals surface area contributed by atoms with Crippen molar-refractivity contribution in [2.75, 3.05) is 12.3 Å². The van der Waals surface area contributed by atoms with Crippen molar-refractivity contribution >= 4 is 23.2 Å². The molecule has 4 rings (SSSR count). The first-order valence-electron chi connectivity index (χ1n) is 9.42. The number of fused-ring (bicyclic) bond motifs is 2. The summed E-state index contributed by atoms with van der Waals surface area (Å²) in [5.41, 5.74) is 9.16. The van der Waals surface area contributed by atoms with Crippen LogP contribution >= 0.6 is 0 Å². The smallest absolute Gasteiger partial charge is 0.341 e. The quantitative estimate of drug-likeness (QED) is 0.503. The standard InChI is InChI=1S/C16H12O2.C8H9NO3/c1-2-10-7-8-13-14(9-10)16(18)12-6-4-3-5-11(12)15(13)17;9-6-2-1-3-7(4-6)12-5-8(10)11/h3-9H,2H2,1H3;1-4H,5,9H2,(H,10,11). The Labute approximate surface area is 173 Å². The molecule has 3 N–H and O–H groups in total. The molecule has 0 atom stereocenters. The van der Waals surface area contributed by atoms with E-state index in [0.717, 1.165) is 12.0 Å². The van der Waals surface area contributed by atoms with Gasteiger partial charge in [0.15, 0.2) is 18.2 Å². The number of aliphatic carboxylic acids is 1. The molecular weight excluding hydrogens is 382 g/mol. The van der Waals surface area contributed by atoms with E-state index < -0.39 is 5.97 Å². The van der Waals surface area contributed by atoms with Gasteiger partial charge in [0.1, 0.15) is 5.75 Å². The monoisotopic (exact) mass is 403 g/mol. The van der Waals surface area contributed by atoms with Gasteiger partial charge < -0.3 is 15.6 Å². The number of ether oxygens (including phenoxy) is 1. The number of carboxylic acid groups (broad SMARTS) is 1. The first-order chi connectivity index (χ1) is 14.4. The maximum Gasteiger partial charge on any atom is 0.341 e. The Balaban J connectivity index is 0.000000187. The average molecular weight is 403 g/mol. The maximum atomic E-state index is 12.4. The molecule has 6 nitrogen and oxygen atoms in total. The van der Waals surface area contributed by atoms with Crippen LogP contribution in [0, 0.1) is 0 Å². The van der Waals surface area contributed by atoms with Crippen molar-refractivity contribution in [2.45, 2.75) is 13.3 Å². The number of nitrogen functional groups attached to an aromatic ring is 1. The van der Waals surface area contributed by atoms with Crippen LogP contribution in [-0.2, 0) is 11.2 Å². The number of carboxylic acids is 1. The second-order valence-corrected chi connectivity index (χ2v) is 6.69. The molecule has 0 saturated carbocycles. The van der Waals surface area contributed by atoms with Crippen molar-refractivity contribution in [3.63, 3.8) is 0 Å². The minimum absolute atomic E-state index is 0.0458. The molecule has 0 fully saturated rings. The summed E-state index contributed by atoms with van der Waals surface area (Å²) >= 11 is 0. The molecule has 1 aliphatic rings.